The minimum atomic E-state index is -0.474. The van der Waals surface area contributed by atoms with E-state index in [1.165, 1.54) is 12.0 Å². The Bertz CT molecular complexity index is 944. The highest BCUT2D eigenvalue weighted by molar-refractivity contribution is 6.24. The number of amides is 2. The molecule has 5 heteroatoms. The molecule has 0 radical (unpaired) electrons. The van der Waals surface area contributed by atoms with Crippen molar-refractivity contribution < 1.29 is 14.3 Å². The Kier molecular flexibility index (Phi) is 3.34. The predicted molar refractivity (Wildman–Crippen MR) is 91.1 cm³/mol. The molecule has 2 heterocycles. The van der Waals surface area contributed by atoms with E-state index < -0.39 is 5.92 Å². The maximum absolute atomic E-state index is 13.0. The minimum absolute atomic E-state index is 0.165. The first-order valence-electron chi connectivity index (χ1n) is 7.76. The molecule has 2 aromatic carbocycles. The number of aromatic nitrogens is 1. The third kappa shape index (κ3) is 2.09. The van der Waals surface area contributed by atoms with Crippen molar-refractivity contribution in [3.8, 4) is 5.75 Å². The van der Waals surface area contributed by atoms with E-state index in [9.17, 15) is 9.59 Å². The van der Waals surface area contributed by atoms with Crippen LogP contribution in [0.2, 0.25) is 0 Å². The van der Waals surface area contributed by atoms with Crippen LogP contribution in [0.1, 0.15) is 17.9 Å². The van der Waals surface area contributed by atoms with Gasteiger partial charge in [0.05, 0.1) is 18.7 Å². The molecule has 0 saturated carbocycles. The summed E-state index contributed by atoms with van der Waals surface area (Å²) >= 11 is 0. The van der Waals surface area contributed by atoms with Gasteiger partial charge in [0, 0.05) is 23.5 Å². The molecule has 0 spiro atoms. The predicted octanol–water partition coefficient (Wildman–Crippen LogP) is 3.22. The third-order valence-corrected chi connectivity index (χ3v) is 4.47. The van der Waals surface area contributed by atoms with Crippen molar-refractivity contribution in [1.29, 1.82) is 0 Å². The standard InChI is InChI=1S/C19H16N2O3/c1-24-17-9-5-4-8-16(17)21-18(22)10-13(19(21)23)14-11-20-15-7-3-2-6-12(14)15/h2-9,11,13,20H,10H2,1H3/t13-/m1/s1. The summed E-state index contributed by atoms with van der Waals surface area (Å²) < 4.78 is 5.30. The fourth-order valence-electron chi connectivity index (χ4n) is 3.32. The molecule has 120 valence electrons. The second kappa shape index (κ2) is 5.53. The first-order valence-corrected chi connectivity index (χ1v) is 7.76. The quantitative estimate of drug-likeness (QED) is 0.754. The van der Waals surface area contributed by atoms with Crippen molar-refractivity contribution in [2.45, 2.75) is 12.3 Å². The highest BCUT2D eigenvalue weighted by atomic mass is 16.5. The van der Waals surface area contributed by atoms with Gasteiger partial charge in [-0.1, -0.05) is 30.3 Å². The Balaban J connectivity index is 1.77. The van der Waals surface area contributed by atoms with Gasteiger partial charge in [0.15, 0.2) is 0 Å². The number of methoxy groups -OCH3 is 1. The molecule has 1 aliphatic heterocycles. The lowest BCUT2D eigenvalue weighted by Crippen LogP contribution is -2.30. The van der Waals surface area contributed by atoms with Crippen LogP contribution in [0.4, 0.5) is 5.69 Å². The van der Waals surface area contributed by atoms with Crippen molar-refractivity contribution >= 4 is 28.4 Å². The number of imide groups is 1. The van der Waals surface area contributed by atoms with Gasteiger partial charge in [0.2, 0.25) is 11.8 Å². The zero-order chi connectivity index (χ0) is 16.7. The lowest BCUT2D eigenvalue weighted by atomic mass is 9.97. The summed E-state index contributed by atoms with van der Waals surface area (Å²) in [7, 11) is 1.53. The smallest absolute Gasteiger partial charge is 0.242 e. The number of aromatic amines is 1. The molecule has 3 aromatic rings. The van der Waals surface area contributed by atoms with Crippen LogP contribution in [0.3, 0.4) is 0 Å². The summed E-state index contributed by atoms with van der Waals surface area (Å²) in [6.07, 6.45) is 1.99. The molecule has 24 heavy (non-hydrogen) atoms. The van der Waals surface area contributed by atoms with Crippen molar-refractivity contribution in [1.82, 2.24) is 4.98 Å². The van der Waals surface area contributed by atoms with E-state index >= 15 is 0 Å². The normalized spacial score (nSPS) is 17.7. The molecule has 1 aliphatic rings. The lowest BCUT2D eigenvalue weighted by molar-refractivity contribution is -0.121. The molecule has 0 aliphatic carbocycles. The van der Waals surface area contributed by atoms with Crippen molar-refractivity contribution in [3.05, 3.63) is 60.3 Å². The molecule has 1 saturated heterocycles. The summed E-state index contributed by atoms with van der Waals surface area (Å²) in [6.45, 7) is 0. The number of carbonyl (C=O) groups is 2. The van der Waals surface area contributed by atoms with Gasteiger partial charge in [-0.25, -0.2) is 4.90 Å². The van der Waals surface area contributed by atoms with Crippen LogP contribution in [0, 0.1) is 0 Å². The first-order chi connectivity index (χ1) is 11.7. The van der Waals surface area contributed by atoms with Gasteiger partial charge in [0.1, 0.15) is 5.75 Å². The highest BCUT2D eigenvalue weighted by Gasteiger charge is 2.42. The van der Waals surface area contributed by atoms with Crippen LogP contribution < -0.4 is 9.64 Å². The molecule has 5 nitrogen and oxygen atoms in total. The van der Waals surface area contributed by atoms with E-state index in [2.05, 4.69) is 4.98 Å². The fraction of sp³-hybridized carbons (Fsp3) is 0.158. The van der Waals surface area contributed by atoms with E-state index in [1.54, 1.807) is 18.2 Å². The average molecular weight is 320 g/mol. The summed E-state index contributed by atoms with van der Waals surface area (Å²) in [4.78, 5) is 29.9. The number of ether oxygens (including phenoxy) is 1. The van der Waals surface area contributed by atoms with Gasteiger partial charge >= 0.3 is 0 Å². The first kappa shape index (κ1) is 14.5. The summed E-state index contributed by atoms with van der Waals surface area (Å²) in [6, 6.07) is 14.9. The van der Waals surface area contributed by atoms with Gasteiger partial charge in [-0.15, -0.1) is 0 Å². The van der Waals surface area contributed by atoms with Crippen LogP contribution in [-0.2, 0) is 9.59 Å². The zero-order valence-electron chi connectivity index (χ0n) is 13.2. The molecule has 1 N–H and O–H groups in total. The third-order valence-electron chi connectivity index (χ3n) is 4.47. The summed E-state index contributed by atoms with van der Waals surface area (Å²) in [5, 5.41) is 0.977. The number of nitrogens with zero attached hydrogens (tertiary/aromatic N) is 1. The monoisotopic (exact) mass is 320 g/mol. The Hall–Kier alpha value is -3.08. The van der Waals surface area contributed by atoms with Crippen LogP contribution in [0.25, 0.3) is 10.9 Å². The number of carbonyl (C=O) groups excluding carboxylic acids is 2. The molecule has 1 atom stereocenters. The summed E-state index contributed by atoms with van der Waals surface area (Å²) in [5.74, 6) is -0.383. The number of fused-ring (bicyclic) bond motifs is 1. The van der Waals surface area contributed by atoms with Gasteiger partial charge in [-0.05, 0) is 23.8 Å². The maximum Gasteiger partial charge on any atom is 0.242 e. The number of H-pyrrole nitrogens is 1. The number of para-hydroxylation sites is 3. The van der Waals surface area contributed by atoms with E-state index in [-0.39, 0.29) is 18.2 Å². The van der Waals surface area contributed by atoms with Gasteiger partial charge in [-0.3, -0.25) is 9.59 Å². The Morgan fingerprint density at radius 2 is 1.83 bits per heavy atom. The molecule has 0 bridgehead atoms. The fourth-order valence-corrected chi connectivity index (χ4v) is 3.32. The number of anilines is 1. The number of hydrogen-bond acceptors (Lipinski definition) is 3. The van der Waals surface area contributed by atoms with Crippen LogP contribution in [0.5, 0.6) is 5.75 Å². The topological polar surface area (TPSA) is 62.4 Å². The minimum Gasteiger partial charge on any atom is -0.495 e. The maximum atomic E-state index is 13.0. The molecule has 1 aromatic heterocycles. The van der Waals surface area contributed by atoms with E-state index in [0.29, 0.717) is 11.4 Å². The zero-order valence-corrected chi connectivity index (χ0v) is 13.2. The van der Waals surface area contributed by atoms with E-state index in [0.717, 1.165) is 16.5 Å². The molecule has 4 rings (SSSR count). The number of benzene rings is 2. The van der Waals surface area contributed by atoms with Gasteiger partial charge in [0.25, 0.3) is 0 Å². The Morgan fingerprint density at radius 3 is 2.67 bits per heavy atom. The molecule has 1 fully saturated rings. The number of hydrogen-bond donors (Lipinski definition) is 1. The average Bonchev–Trinajstić information content (AvgIpc) is 3.15. The number of nitrogens with one attached hydrogen (secondary N) is 1. The molecular weight excluding hydrogens is 304 g/mol. The number of rotatable bonds is 3. The summed E-state index contributed by atoms with van der Waals surface area (Å²) in [5.41, 5.74) is 2.32. The highest BCUT2D eigenvalue weighted by Crippen LogP contribution is 2.39. The largest absolute Gasteiger partial charge is 0.495 e. The van der Waals surface area contributed by atoms with E-state index in [1.807, 2.05) is 36.5 Å². The van der Waals surface area contributed by atoms with Crippen LogP contribution in [-0.4, -0.2) is 23.9 Å². The van der Waals surface area contributed by atoms with Crippen molar-refractivity contribution in [2.75, 3.05) is 12.0 Å². The second-order valence-corrected chi connectivity index (χ2v) is 5.79. The molecular formula is C19H16N2O3. The lowest BCUT2D eigenvalue weighted by Gasteiger charge is -2.17. The molecule has 0 unspecified atom stereocenters. The van der Waals surface area contributed by atoms with Gasteiger partial charge < -0.3 is 9.72 Å². The van der Waals surface area contributed by atoms with E-state index in [4.69, 9.17) is 4.74 Å². The SMILES string of the molecule is COc1ccccc1N1C(=O)C[C@H](c2c[nH]c3ccccc23)C1=O. The Labute approximate surface area is 138 Å². The van der Waals surface area contributed by atoms with Crippen LogP contribution >= 0.6 is 0 Å². The molecule has 2 amide bonds. The van der Waals surface area contributed by atoms with Crippen LogP contribution in [0.15, 0.2) is 54.7 Å². The van der Waals surface area contributed by atoms with Gasteiger partial charge in [-0.2, -0.15) is 0 Å². The van der Waals surface area contributed by atoms with Crippen molar-refractivity contribution in [2.24, 2.45) is 0 Å². The van der Waals surface area contributed by atoms with Crippen molar-refractivity contribution in [3.63, 3.8) is 0 Å². The Morgan fingerprint density at radius 1 is 1.08 bits per heavy atom. The second-order valence-electron chi connectivity index (χ2n) is 5.79.